The SMILES string of the molecule is O=C(NC[C@@H](c1ccsc1)N1CCC1)C1(c2ccc(F)cc2)CC1. The van der Waals surface area contributed by atoms with Crippen LogP contribution in [-0.4, -0.2) is 30.4 Å². The summed E-state index contributed by atoms with van der Waals surface area (Å²) in [5.74, 6) is -0.180. The first-order valence-electron chi connectivity index (χ1n) is 8.49. The van der Waals surface area contributed by atoms with Crippen molar-refractivity contribution in [2.75, 3.05) is 19.6 Å². The average Bonchev–Trinajstić information content (AvgIpc) is 3.17. The van der Waals surface area contributed by atoms with E-state index in [2.05, 4.69) is 27.0 Å². The van der Waals surface area contributed by atoms with Crippen LogP contribution >= 0.6 is 11.3 Å². The summed E-state index contributed by atoms with van der Waals surface area (Å²) in [7, 11) is 0. The van der Waals surface area contributed by atoms with Crippen LogP contribution in [0, 0.1) is 5.82 Å². The van der Waals surface area contributed by atoms with Gasteiger partial charge >= 0.3 is 0 Å². The van der Waals surface area contributed by atoms with Crippen molar-refractivity contribution in [1.82, 2.24) is 10.2 Å². The summed E-state index contributed by atoms with van der Waals surface area (Å²) in [4.78, 5) is 15.2. The fraction of sp³-hybridized carbons (Fsp3) is 0.421. The monoisotopic (exact) mass is 344 g/mol. The molecular formula is C19H21FN2OS. The van der Waals surface area contributed by atoms with Gasteiger partial charge < -0.3 is 5.32 Å². The van der Waals surface area contributed by atoms with E-state index in [1.165, 1.54) is 24.1 Å². The molecule has 1 aromatic carbocycles. The second-order valence-corrected chi connectivity index (χ2v) is 7.54. The van der Waals surface area contributed by atoms with Gasteiger partial charge in [0, 0.05) is 19.6 Å². The first-order chi connectivity index (χ1) is 11.7. The summed E-state index contributed by atoms with van der Waals surface area (Å²) in [6.45, 7) is 2.83. The van der Waals surface area contributed by atoms with Crippen LogP contribution in [0.3, 0.4) is 0 Å². The highest BCUT2D eigenvalue weighted by atomic mass is 32.1. The lowest BCUT2D eigenvalue weighted by Crippen LogP contribution is -2.46. The van der Waals surface area contributed by atoms with E-state index in [0.29, 0.717) is 6.54 Å². The molecule has 1 aliphatic carbocycles. The summed E-state index contributed by atoms with van der Waals surface area (Å²) >= 11 is 1.70. The number of hydrogen-bond acceptors (Lipinski definition) is 3. The minimum Gasteiger partial charge on any atom is -0.353 e. The Morgan fingerprint density at radius 2 is 2.00 bits per heavy atom. The fourth-order valence-corrected chi connectivity index (χ4v) is 4.18. The van der Waals surface area contributed by atoms with Gasteiger partial charge in [-0.3, -0.25) is 9.69 Å². The topological polar surface area (TPSA) is 32.3 Å². The molecule has 2 fully saturated rings. The Morgan fingerprint density at radius 3 is 2.54 bits per heavy atom. The molecule has 1 aliphatic heterocycles. The van der Waals surface area contributed by atoms with Crippen LogP contribution in [0.4, 0.5) is 4.39 Å². The van der Waals surface area contributed by atoms with Gasteiger partial charge in [0.15, 0.2) is 0 Å². The van der Waals surface area contributed by atoms with E-state index in [4.69, 9.17) is 0 Å². The second-order valence-electron chi connectivity index (χ2n) is 6.76. The van der Waals surface area contributed by atoms with Crippen molar-refractivity contribution in [2.24, 2.45) is 0 Å². The Balaban J connectivity index is 1.44. The molecule has 0 radical (unpaired) electrons. The maximum absolute atomic E-state index is 13.1. The predicted octanol–water partition coefficient (Wildman–Crippen LogP) is 3.48. The number of halogens is 1. The van der Waals surface area contributed by atoms with Crippen LogP contribution in [0.2, 0.25) is 0 Å². The molecule has 1 amide bonds. The zero-order chi connectivity index (χ0) is 16.6. The molecule has 2 heterocycles. The van der Waals surface area contributed by atoms with Crippen LogP contribution in [0.5, 0.6) is 0 Å². The molecule has 0 spiro atoms. The molecule has 0 unspecified atom stereocenters. The predicted molar refractivity (Wildman–Crippen MR) is 93.6 cm³/mol. The molecule has 5 heteroatoms. The zero-order valence-electron chi connectivity index (χ0n) is 13.5. The lowest BCUT2D eigenvalue weighted by Gasteiger charge is -2.38. The van der Waals surface area contributed by atoms with E-state index >= 15 is 0 Å². The van der Waals surface area contributed by atoms with Crippen molar-refractivity contribution < 1.29 is 9.18 Å². The summed E-state index contributed by atoms with van der Waals surface area (Å²) in [6.07, 6.45) is 2.92. The lowest BCUT2D eigenvalue weighted by atomic mass is 9.94. The molecule has 1 saturated heterocycles. The Kier molecular flexibility index (Phi) is 4.14. The Morgan fingerprint density at radius 1 is 1.25 bits per heavy atom. The maximum Gasteiger partial charge on any atom is 0.230 e. The van der Waals surface area contributed by atoms with Gasteiger partial charge in [0.2, 0.25) is 5.91 Å². The number of carbonyl (C=O) groups is 1. The van der Waals surface area contributed by atoms with E-state index in [1.54, 1.807) is 23.5 Å². The van der Waals surface area contributed by atoms with Crippen LogP contribution in [-0.2, 0) is 10.2 Å². The smallest absolute Gasteiger partial charge is 0.230 e. The molecule has 3 nitrogen and oxygen atoms in total. The Labute approximate surface area is 145 Å². The lowest BCUT2D eigenvalue weighted by molar-refractivity contribution is -0.123. The number of benzene rings is 1. The van der Waals surface area contributed by atoms with Crippen LogP contribution in [0.1, 0.15) is 36.4 Å². The number of nitrogens with one attached hydrogen (secondary N) is 1. The second kappa shape index (κ2) is 6.30. The van der Waals surface area contributed by atoms with E-state index in [9.17, 15) is 9.18 Å². The number of hydrogen-bond donors (Lipinski definition) is 1. The summed E-state index contributed by atoms with van der Waals surface area (Å²) in [5, 5.41) is 7.42. The highest BCUT2D eigenvalue weighted by Crippen LogP contribution is 2.48. The van der Waals surface area contributed by atoms with E-state index in [-0.39, 0.29) is 17.8 Å². The maximum atomic E-state index is 13.1. The molecule has 1 aromatic heterocycles. The molecule has 0 bridgehead atoms. The first kappa shape index (κ1) is 15.8. The summed E-state index contributed by atoms with van der Waals surface area (Å²) < 4.78 is 13.1. The number of rotatable bonds is 6. The van der Waals surface area contributed by atoms with Crippen LogP contribution in [0.15, 0.2) is 41.1 Å². The molecule has 1 N–H and O–H groups in total. The summed E-state index contributed by atoms with van der Waals surface area (Å²) in [6, 6.07) is 8.78. The van der Waals surface area contributed by atoms with E-state index in [1.807, 2.05) is 0 Å². The van der Waals surface area contributed by atoms with Gasteiger partial charge in [0.25, 0.3) is 0 Å². The third-order valence-corrected chi connectivity index (χ3v) is 6.00. The summed E-state index contributed by atoms with van der Waals surface area (Å²) in [5.41, 5.74) is 1.77. The van der Waals surface area contributed by atoms with E-state index < -0.39 is 5.41 Å². The largest absolute Gasteiger partial charge is 0.353 e. The molecule has 1 saturated carbocycles. The van der Waals surface area contributed by atoms with Gasteiger partial charge in [0.05, 0.1) is 11.5 Å². The Bertz CT molecular complexity index is 705. The number of thiophene rings is 1. The molecular weight excluding hydrogens is 323 g/mol. The molecule has 1 atom stereocenters. The molecule has 126 valence electrons. The van der Waals surface area contributed by atoms with Gasteiger partial charge in [-0.15, -0.1) is 0 Å². The molecule has 24 heavy (non-hydrogen) atoms. The molecule has 2 aliphatic rings. The van der Waals surface area contributed by atoms with Gasteiger partial charge in [-0.05, 0) is 59.3 Å². The van der Waals surface area contributed by atoms with Crippen LogP contribution < -0.4 is 5.32 Å². The quantitative estimate of drug-likeness (QED) is 0.870. The minimum atomic E-state index is -0.443. The normalized spacial score (nSPS) is 20.2. The highest BCUT2D eigenvalue weighted by molar-refractivity contribution is 7.07. The van der Waals surface area contributed by atoms with Crippen molar-refractivity contribution in [3.05, 3.63) is 58.0 Å². The fourth-order valence-electron chi connectivity index (χ4n) is 3.47. The third-order valence-electron chi connectivity index (χ3n) is 5.30. The van der Waals surface area contributed by atoms with Gasteiger partial charge in [-0.25, -0.2) is 4.39 Å². The van der Waals surface area contributed by atoms with Crippen molar-refractivity contribution in [3.8, 4) is 0 Å². The minimum absolute atomic E-state index is 0.0786. The average molecular weight is 344 g/mol. The zero-order valence-corrected chi connectivity index (χ0v) is 14.3. The standard InChI is InChI=1S/C19H21FN2OS/c20-16-4-2-15(3-5-16)19(7-8-19)18(23)21-12-17(22-9-1-10-22)14-6-11-24-13-14/h2-6,11,13,17H,1,7-10,12H2,(H,21,23)/t17-/m0/s1. The number of carbonyl (C=O) groups excluding carboxylic acids is 1. The van der Waals surface area contributed by atoms with Gasteiger partial charge in [-0.1, -0.05) is 12.1 Å². The Hall–Kier alpha value is -1.72. The third kappa shape index (κ3) is 2.87. The number of amides is 1. The van der Waals surface area contributed by atoms with Gasteiger partial charge in [-0.2, -0.15) is 11.3 Å². The van der Waals surface area contributed by atoms with Crippen molar-refractivity contribution in [3.63, 3.8) is 0 Å². The number of likely N-dealkylation sites (tertiary alicyclic amines) is 1. The van der Waals surface area contributed by atoms with Crippen molar-refractivity contribution in [1.29, 1.82) is 0 Å². The molecule has 4 rings (SSSR count). The first-order valence-corrected chi connectivity index (χ1v) is 9.44. The van der Waals surface area contributed by atoms with Crippen molar-refractivity contribution in [2.45, 2.75) is 30.7 Å². The number of nitrogens with zero attached hydrogens (tertiary/aromatic N) is 1. The van der Waals surface area contributed by atoms with Crippen LogP contribution in [0.25, 0.3) is 0 Å². The molecule has 2 aromatic rings. The van der Waals surface area contributed by atoms with Gasteiger partial charge in [0.1, 0.15) is 5.82 Å². The van der Waals surface area contributed by atoms with Crippen molar-refractivity contribution >= 4 is 17.2 Å². The van der Waals surface area contributed by atoms with E-state index in [0.717, 1.165) is 31.5 Å². The highest BCUT2D eigenvalue weighted by Gasteiger charge is 2.51.